The first kappa shape index (κ1) is 8.24. The maximum atomic E-state index is 10.1. The van der Waals surface area contributed by atoms with E-state index in [1.807, 2.05) is 0 Å². The van der Waals surface area contributed by atoms with Crippen LogP contribution in [0.5, 0.6) is 0 Å². The van der Waals surface area contributed by atoms with Crippen molar-refractivity contribution in [1.82, 2.24) is 0 Å². The minimum absolute atomic E-state index is 0.449. The average Bonchev–Trinajstić information content (AvgIpc) is 2.05. The zero-order valence-electron chi connectivity index (χ0n) is 5.54. The summed E-state index contributed by atoms with van der Waals surface area (Å²) in [4.78, 5) is 10.1. The Morgan fingerprint density at radius 1 is 1.36 bits per heavy atom. The molecule has 0 fully saturated rings. The molecule has 0 spiro atoms. The van der Waals surface area contributed by atoms with Crippen LogP contribution in [0.15, 0.2) is 30.3 Å². The molecule has 0 radical (unpaired) electrons. The Kier molecular flexibility index (Phi) is 2.63. The molecule has 11 heavy (non-hydrogen) atoms. The van der Waals surface area contributed by atoms with Crippen LogP contribution in [0.2, 0.25) is 0 Å². The second kappa shape index (κ2) is 3.51. The zero-order chi connectivity index (χ0) is 8.27. The van der Waals surface area contributed by atoms with E-state index in [9.17, 15) is 10.1 Å². The Morgan fingerprint density at radius 2 is 1.91 bits per heavy atom. The van der Waals surface area contributed by atoms with E-state index in [2.05, 4.69) is 0 Å². The summed E-state index contributed by atoms with van der Waals surface area (Å²) >= 11 is -2.98. The Hall–Kier alpha value is -0.862. The molecule has 1 rings (SSSR count). The molecule has 1 aromatic carbocycles. The number of benzene rings is 1. The Bertz CT molecular complexity index is 251. The third kappa shape index (κ3) is 2.03. The summed E-state index contributed by atoms with van der Waals surface area (Å²) in [7, 11) is 0. The van der Waals surface area contributed by atoms with Gasteiger partial charge in [0.05, 0.1) is 0 Å². The van der Waals surface area contributed by atoms with Crippen molar-refractivity contribution in [3.8, 4) is 0 Å². The Morgan fingerprint density at radius 3 is 2.36 bits per heavy atom. The molecule has 58 valence electrons. The van der Waals surface area contributed by atoms with Gasteiger partial charge in [-0.05, 0) is 0 Å². The van der Waals surface area contributed by atoms with E-state index in [1.54, 1.807) is 30.3 Å². The summed E-state index contributed by atoms with van der Waals surface area (Å²) in [6, 6.07) is 8.25. The summed E-state index contributed by atoms with van der Waals surface area (Å²) in [6.45, 7) is 0. The van der Waals surface area contributed by atoms with Gasteiger partial charge in [0.15, 0.2) is 0 Å². The van der Waals surface area contributed by atoms with Crippen molar-refractivity contribution in [3.63, 3.8) is 0 Å². The van der Waals surface area contributed by atoms with E-state index in [-0.39, 0.29) is 0 Å². The second-order valence-electron chi connectivity index (χ2n) is 1.86. The van der Waals surface area contributed by atoms with Gasteiger partial charge < -0.3 is 0 Å². The second-order valence-corrected chi connectivity index (χ2v) is 4.85. The molecule has 0 aliphatic heterocycles. The van der Waals surface area contributed by atoms with Gasteiger partial charge in [0.25, 0.3) is 0 Å². The SMILES string of the molecule is O=[N+]([O-])[As](O)c1ccccc1. The predicted molar refractivity (Wildman–Crippen MR) is 41.0 cm³/mol. The van der Waals surface area contributed by atoms with E-state index in [0.29, 0.717) is 4.35 Å². The van der Waals surface area contributed by atoms with E-state index < -0.39 is 19.1 Å². The predicted octanol–water partition coefficient (Wildman–Crippen LogP) is -0.349. The van der Waals surface area contributed by atoms with E-state index >= 15 is 0 Å². The molecule has 1 unspecified atom stereocenters. The number of nitro groups is 1. The first-order chi connectivity index (χ1) is 5.22. The van der Waals surface area contributed by atoms with Gasteiger partial charge in [0.2, 0.25) is 0 Å². The fraction of sp³-hybridized carbons (Fsp3) is 0. The van der Waals surface area contributed by atoms with Crippen molar-refractivity contribution in [3.05, 3.63) is 40.4 Å². The monoisotopic (exact) mass is 215 g/mol. The molecule has 0 amide bonds. The van der Waals surface area contributed by atoms with Crippen molar-refractivity contribution in [2.24, 2.45) is 0 Å². The molecule has 4 nitrogen and oxygen atoms in total. The standard InChI is InChI=1S/C6H6AsNO3/c9-7(8(10)11)6-4-2-1-3-5-6/h1-5,9H. The molecule has 0 saturated heterocycles. The fourth-order valence-corrected chi connectivity index (χ4v) is 1.97. The first-order valence-corrected chi connectivity index (χ1v) is 5.52. The van der Waals surface area contributed by atoms with E-state index in [0.717, 1.165) is 0 Å². The van der Waals surface area contributed by atoms with Gasteiger partial charge in [0, 0.05) is 0 Å². The van der Waals surface area contributed by atoms with Crippen molar-refractivity contribution < 1.29 is 7.94 Å². The van der Waals surface area contributed by atoms with Gasteiger partial charge in [0.1, 0.15) is 0 Å². The van der Waals surface area contributed by atoms with Crippen molar-refractivity contribution in [1.29, 1.82) is 0 Å². The molecule has 1 aromatic rings. The van der Waals surface area contributed by atoms with Crippen LogP contribution in [0.3, 0.4) is 0 Å². The molecule has 5 heteroatoms. The van der Waals surface area contributed by atoms with E-state index in [4.69, 9.17) is 4.10 Å². The third-order valence-electron chi connectivity index (χ3n) is 1.14. The van der Waals surface area contributed by atoms with Crippen LogP contribution in [0.1, 0.15) is 0 Å². The number of hydrogen-bond donors (Lipinski definition) is 1. The van der Waals surface area contributed by atoms with Crippen molar-refractivity contribution in [2.45, 2.75) is 0 Å². The van der Waals surface area contributed by atoms with Gasteiger partial charge in [-0.15, -0.1) is 0 Å². The van der Waals surface area contributed by atoms with Crippen LogP contribution < -0.4 is 4.35 Å². The van der Waals surface area contributed by atoms with Crippen LogP contribution >= 0.6 is 0 Å². The molecule has 0 aliphatic rings. The van der Waals surface area contributed by atoms with Crippen LogP contribution in [0.4, 0.5) is 0 Å². The van der Waals surface area contributed by atoms with Gasteiger partial charge in [-0.2, -0.15) is 0 Å². The molecule has 1 atom stereocenters. The molecule has 0 bridgehead atoms. The van der Waals surface area contributed by atoms with E-state index in [1.165, 1.54) is 0 Å². The summed E-state index contributed by atoms with van der Waals surface area (Å²) < 4.78 is 8.90. The molecule has 0 heterocycles. The van der Waals surface area contributed by atoms with Crippen LogP contribution in [0.25, 0.3) is 0 Å². The molecule has 0 saturated carbocycles. The normalized spacial score (nSPS) is 12.5. The van der Waals surface area contributed by atoms with Crippen LogP contribution in [-0.2, 0) is 0 Å². The van der Waals surface area contributed by atoms with Crippen molar-refractivity contribution >= 4 is 19.6 Å². The molecule has 1 N–H and O–H groups in total. The number of rotatable bonds is 2. The minimum atomic E-state index is -2.98. The Balaban J connectivity index is 2.85. The number of hydrogen-bond acceptors (Lipinski definition) is 3. The Labute approximate surface area is 68.5 Å². The molecular formula is C6H6AsNO3. The zero-order valence-corrected chi connectivity index (χ0v) is 7.42. The summed E-state index contributed by atoms with van der Waals surface area (Å²) in [5, 5.41) is 10.1. The van der Waals surface area contributed by atoms with Gasteiger partial charge in [-0.3, -0.25) is 0 Å². The fourth-order valence-electron chi connectivity index (χ4n) is 0.656. The molecule has 0 aliphatic carbocycles. The average molecular weight is 215 g/mol. The van der Waals surface area contributed by atoms with Crippen LogP contribution in [0, 0.1) is 10.1 Å². The van der Waals surface area contributed by atoms with Crippen molar-refractivity contribution in [2.75, 3.05) is 0 Å². The molecular weight excluding hydrogens is 209 g/mol. The summed E-state index contributed by atoms with van der Waals surface area (Å²) in [5.41, 5.74) is 0. The summed E-state index contributed by atoms with van der Waals surface area (Å²) in [5.74, 6) is 0. The van der Waals surface area contributed by atoms with Gasteiger partial charge in [-0.25, -0.2) is 0 Å². The topological polar surface area (TPSA) is 63.4 Å². The van der Waals surface area contributed by atoms with Gasteiger partial charge >= 0.3 is 68.0 Å². The first-order valence-electron chi connectivity index (χ1n) is 2.90. The number of nitrogens with zero attached hydrogens (tertiary/aromatic N) is 1. The molecule has 0 aromatic heterocycles. The maximum absolute atomic E-state index is 10.1. The van der Waals surface area contributed by atoms with Crippen LogP contribution in [-0.4, -0.2) is 23.2 Å². The summed E-state index contributed by atoms with van der Waals surface area (Å²) in [6.07, 6.45) is 0. The quantitative estimate of drug-likeness (QED) is 0.416. The van der Waals surface area contributed by atoms with Gasteiger partial charge in [-0.1, -0.05) is 0 Å². The third-order valence-corrected chi connectivity index (χ3v) is 3.39.